The highest BCUT2D eigenvalue weighted by molar-refractivity contribution is 5.80. The topological polar surface area (TPSA) is 69.1 Å². The molecule has 9 heteroatoms. The van der Waals surface area contributed by atoms with Crippen LogP contribution in [-0.2, 0) is 17.6 Å². The predicted octanol–water partition coefficient (Wildman–Crippen LogP) is 5.57. The molecular formula is C23H28F6N2O. The number of rotatable bonds is 7. The molecule has 1 amide bonds. The molecule has 0 aromatic heterocycles. The van der Waals surface area contributed by atoms with Crippen molar-refractivity contribution >= 4 is 5.91 Å². The summed E-state index contributed by atoms with van der Waals surface area (Å²) in [6.45, 7) is 2.67. The van der Waals surface area contributed by atoms with Crippen molar-refractivity contribution < 1.29 is 31.1 Å². The number of benzene rings is 2. The molecule has 0 radical (unpaired) electrons. The molecule has 2 rings (SSSR count). The first kappa shape index (κ1) is 27.5. The minimum atomic E-state index is -4.40. The van der Waals surface area contributed by atoms with Crippen molar-refractivity contribution in [1.29, 1.82) is 0 Å². The highest BCUT2D eigenvalue weighted by atomic mass is 19.4. The maximum atomic E-state index is 12.4. The lowest BCUT2D eigenvalue weighted by molar-refractivity contribution is -0.165. The Bertz CT molecular complexity index is 835. The monoisotopic (exact) mass is 462 g/mol. The molecule has 2 aromatic carbocycles. The molecule has 2 unspecified atom stereocenters. The molecule has 2 aromatic rings. The number of nitrogens with two attached hydrogens (primary N) is 2. The van der Waals surface area contributed by atoms with Crippen LogP contribution < -0.4 is 11.5 Å². The van der Waals surface area contributed by atoms with Crippen LogP contribution in [0.1, 0.15) is 37.8 Å². The van der Waals surface area contributed by atoms with Gasteiger partial charge in [0.25, 0.3) is 0 Å². The number of amides is 1. The Morgan fingerprint density at radius 3 is 1.44 bits per heavy atom. The van der Waals surface area contributed by atoms with E-state index >= 15 is 0 Å². The van der Waals surface area contributed by atoms with Gasteiger partial charge in [-0.1, -0.05) is 67.6 Å². The first-order chi connectivity index (χ1) is 14.5. The lowest BCUT2D eigenvalue weighted by Crippen LogP contribution is -2.42. The van der Waals surface area contributed by atoms with Crippen molar-refractivity contribution in [3.05, 3.63) is 71.8 Å². The van der Waals surface area contributed by atoms with Gasteiger partial charge in [-0.05, 0) is 30.9 Å². The Morgan fingerprint density at radius 1 is 0.719 bits per heavy atom. The molecule has 32 heavy (non-hydrogen) atoms. The zero-order chi connectivity index (χ0) is 24.6. The lowest BCUT2D eigenvalue weighted by atomic mass is 9.79. The quantitative estimate of drug-likeness (QED) is 0.528. The third kappa shape index (κ3) is 11.2. The molecule has 0 heterocycles. The van der Waals surface area contributed by atoms with Crippen LogP contribution in [0.5, 0.6) is 0 Å². The molecule has 4 N–H and O–H groups in total. The molecule has 178 valence electrons. The van der Waals surface area contributed by atoms with Gasteiger partial charge in [0, 0.05) is 5.54 Å². The summed E-state index contributed by atoms with van der Waals surface area (Å²) in [4.78, 5) is 11.2. The highest BCUT2D eigenvalue weighted by Crippen LogP contribution is 2.36. The van der Waals surface area contributed by atoms with E-state index in [-0.39, 0.29) is 12.8 Å². The summed E-state index contributed by atoms with van der Waals surface area (Å²) in [5.74, 6) is -0.932. The van der Waals surface area contributed by atoms with E-state index in [0.717, 1.165) is 5.56 Å². The number of carbonyl (C=O) groups excluding carboxylic acids is 1. The average molecular weight is 462 g/mol. The molecule has 0 spiro atoms. The molecule has 0 aliphatic heterocycles. The van der Waals surface area contributed by atoms with Crippen LogP contribution in [0.4, 0.5) is 26.3 Å². The maximum Gasteiger partial charge on any atom is 0.390 e. The molecule has 0 fully saturated rings. The van der Waals surface area contributed by atoms with E-state index in [9.17, 15) is 31.1 Å². The van der Waals surface area contributed by atoms with Gasteiger partial charge in [-0.2, -0.15) is 26.3 Å². The summed E-state index contributed by atoms with van der Waals surface area (Å²) >= 11 is 0. The number of alkyl halides is 6. The van der Waals surface area contributed by atoms with Crippen molar-refractivity contribution in [3.63, 3.8) is 0 Å². The second kappa shape index (κ2) is 10.8. The van der Waals surface area contributed by atoms with E-state index in [0.29, 0.717) is 5.56 Å². The van der Waals surface area contributed by atoms with Crippen molar-refractivity contribution in [2.45, 2.75) is 57.4 Å². The summed E-state index contributed by atoms with van der Waals surface area (Å²) < 4.78 is 73.7. The first-order valence-electron chi connectivity index (χ1n) is 9.82. The van der Waals surface area contributed by atoms with Gasteiger partial charge in [0.2, 0.25) is 5.91 Å². The fraction of sp³-hybridized carbons (Fsp3) is 0.435. The molecule has 0 saturated carbocycles. The predicted molar refractivity (Wildman–Crippen MR) is 112 cm³/mol. The third-order valence-corrected chi connectivity index (χ3v) is 4.68. The van der Waals surface area contributed by atoms with Crippen LogP contribution in [0.25, 0.3) is 0 Å². The van der Waals surface area contributed by atoms with Gasteiger partial charge in [-0.25, -0.2) is 0 Å². The molecular weight excluding hydrogens is 434 g/mol. The Balaban J connectivity index is 0.000000323. The van der Waals surface area contributed by atoms with Crippen LogP contribution in [-0.4, -0.2) is 23.8 Å². The van der Waals surface area contributed by atoms with Gasteiger partial charge in [0.15, 0.2) is 0 Å². The number of carbonyl (C=O) groups is 1. The standard InChI is InChI=1S/C12H14F3NO.C11H14F3N/c1-11(10(16)17,8-12(13,14)15)7-9-5-3-2-4-6-9;1-10(15,8-11(12,13)14)7-9-5-3-2-4-6-9/h2-6H,7-8H2,1H3,(H2,16,17);2-6H,7-8,15H2,1H3. The summed E-state index contributed by atoms with van der Waals surface area (Å²) in [7, 11) is 0. The van der Waals surface area contributed by atoms with Gasteiger partial charge >= 0.3 is 12.4 Å². The number of hydrogen-bond acceptors (Lipinski definition) is 2. The average Bonchev–Trinajstić information content (AvgIpc) is 2.59. The maximum absolute atomic E-state index is 12.4. The molecule has 0 aliphatic carbocycles. The van der Waals surface area contributed by atoms with Crippen molar-refractivity contribution in [2.75, 3.05) is 0 Å². The molecule has 0 bridgehead atoms. The lowest BCUT2D eigenvalue weighted by Gasteiger charge is -2.27. The Labute approximate surface area is 183 Å². The summed E-state index contributed by atoms with van der Waals surface area (Å²) in [6.07, 6.45) is -10.6. The largest absolute Gasteiger partial charge is 0.390 e. The van der Waals surface area contributed by atoms with Crippen LogP contribution in [0.15, 0.2) is 60.7 Å². The number of halogens is 6. The zero-order valence-corrected chi connectivity index (χ0v) is 17.9. The first-order valence-corrected chi connectivity index (χ1v) is 9.82. The Hall–Kier alpha value is -2.55. The van der Waals surface area contributed by atoms with E-state index in [4.69, 9.17) is 11.5 Å². The second-order valence-corrected chi connectivity index (χ2v) is 8.49. The second-order valence-electron chi connectivity index (χ2n) is 8.49. The van der Waals surface area contributed by atoms with Crippen LogP contribution in [0.2, 0.25) is 0 Å². The number of primary amides is 1. The van der Waals surface area contributed by atoms with Gasteiger partial charge in [-0.3, -0.25) is 4.79 Å². The fourth-order valence-electron chi connectivity index (χ4n) is 3.31. The highest BCUT2D eigenvalue weighted by Gasteiger charge is 2.43. The van der Waals surface area contributed by atoms with E-state index in [2.05, 4.69) is 0 Å². The van der Waals surface area contributed by atoms with Crippen LogP contribution in [0.3, 0.4) is 0 Å². The Morgan fingerprint density at radius 2 is 1.09 bits per heavy atom. The third-order valence-electron chi connectivity index (χ3n) is 4.68. The van der Waals surface area contributed by atoms with Gasteiger partial charge in [0.05, 0.1) is 18.3 Å². The van der Waals surface area contributed by atoms with Crippen molar-refractivity contribution in [2.24, 2.45) is 16.9 Å². The van der Waals surface area contributed by atoms with E-state index in [1.807, 2.05) is 6.07 Å². The van der Waals surface area contributed by atoms with Crippen LogP contribution in [0, 0.1) is 5.41 Å². The smallest absolute Gasteiger partial charge is 0.369 e. The Kier molecular flexibility index (Phi) is 9.32. The summed E-state index contributed by atoms with van der Waals surface area (Å²) in [6, 6.07) is 17.5. The van der Waals surface area contributed by atoms with E-state index < -0.39 is 42.1 Å². The summed E-state index contributed by atoms with van der Waals surface area (Å²) in [5, 5.41) is 0. The zero-order valence-electron chi connectivity index (χ0n) is 17.9. The number of hydrogen-bond donors (Lipinski definition) is 2. The van der Waals surface area contributed by atoms with Crippen molar-refractivity contribution in [3.8, 4) is 0 Å². The summed E-state index contributed by atoms with van der Waals surface area (Å²) in [5.41, 5.74) is 9.36. The molecule has 0 saturated heterocycles. The fourth-order valence-corrected chi connectivity index (χ4v) is 3.31. The minimum absolute atomic E-state index is 0.0112. The molecule has 0 aliphatic rings. The van der Waals surface area contributed by atoms with E-state index in [1.165, 1.54) is 13.8 Å². The van der Waals surface area contributed by atoms with Crippen molar-refractivity contribution in [1.82, 2.24) is 0 Å². The molecule has 2 atom stereocenters. The van der Waals surface area contributed by atoms with Gasteiger partial charge < -0.3 is 11.5 Å². The SMILES string of the molecule is CC(Cc1ccccc1)(CC(F)(F)F)C(N)=O.CC(N)(Cc1ccccc1)CC(F)(F)F. The van der Waals surface area contributed by atoms with Gasteiger partial charge in [0.1, 0.15) is 0 Å². The minimum Gasteiger partial charge on any atom is -0.369 e. The van der Waals surface area contributed by atoms with E-state index in [1.54, 1.807) is 54.6 Å². The van der Waals surface area contributed by atoms with Gasteiger partial charge in [-0.15, -0.1) is 0 Å². The van der Waals surface area contributed by atoms with Crippen LogP contribution >= 0.6 is 0 Å². The molecule has 3 nitrogen and oxygen atoms in total. The normalized spacial score (nSPS) is 15.7.